The quantitative estimate of drug-likeness (QED) is 0.640. The Morgan fingerprint density at radius 1 is 1.50 bits per heavy atom. The topological polar surface area (TPSA) is 33.1 Å². The van der Waals surface area contributed by atoms with Gasteiger partial charge in [0, 0.05) is 11.8 Å². The van der Waals surface area contributed by atoms with Gasteiger partial charge in [0.05, 0.1) is 11.8 Å². The fraction of sp³-hybridized carbons (Fsp3) is 0.444. The summed E-state index contributed by atoms with van der Waals surface area (Å²) in [4.78, 5) is 3.96. The van der Waals surface area contributed by atoms with Gasteiger partial charge in [-0.3, -0.25) is 4.98 Å². The Kier molecular flexibility index (Phi) is 1.81. The number of pyridine rings is 1. The highest BCUT2D eigenvalue weighted by atomic mass is 19.1. The molecule has 64 valence electrons. The average Bonchev–Trinajstić information content (AvgIpc) is 2.12. The van der Waals surface area contributed by atoms with Crippen molar-refractivity contribution in [3.05, 3.63) is 29.6 Å². The van der Waals surface area contributed by atoms with E-state index in [1.807, 2.05) is 0 Å². The number of aliphatic hydroxyl groups is 1. The summed E-state index contributed by atoms with van der Waals surface area (Å²) < 4.78 is 13.2. The van der Waals surface area contributed by atoms with Gasteiger partial charge in [-0.15, -0.1) is 0 Å². The molecular weight excluding hydrogens is 157 g/mol. The SMILES string of the molecule is O[C@@H]1CC[C@H](F)c2cccnc21. The second kappa shape index (κ2) is 2.83. The molecular formula is C9H10FNO. The zero-order valence-electron chi connectivity index (χ0n) is 6.57. The molecule has 0 spiro atoms. The van der Waals surface area contributed by atoms with Crippen molar-refractivity contribution in [2.45, 2.75) is 25.1 Å². The third-order valence-electron chi connectivity index (χ3n) is 2.22. The summed E-state index contributed by atoms with van der Waals surface area (Å²) in [5.41, 5.74) is 1.06. The van der Waals surface area contributed by atoms with Gasteiger partial charge in [-0.25, -0.2) is 4.39 Å². The number of hydrogen-bond donors (Lipinski definition) is 1. The minimum atomic E-state index is -0.947. The van der Waals surface area contributed by atoms with Crippen LogP contribution in [0.15, 0.2) is 18.3 Å². The van der Waals surface area contributed by atoms with Gasteiger partial charge in [-0.05, 0) is 18.9 Å². The van der Waals surface area contributed by atoms with E-state index < -0.39 is 12.3 Å². The van der Waals surface area contributed by atoms with Crippen LogP contribution in [-0.4, -0.2) is 10.1 Å². The molecule has 0 bridgehead atoms. The summed E-state index contributed by atoms with van der Waals surface area (Å²) in [5.74, 6) is 0. The molecule has 1 N–H and O–H groups in total. The molecule has 12 heavy (non-hydrogen) atoms. The van der Waals surface area contributed by atoms with E-state index in [9.17, 15) is 9.50 Å². The van der Waals surface area contributed by atoms with Gasteiger partial charge in [0.1, 0.15) is 6.17 Å². The summed E-state index contributed by atoms with van der Waals surface area (Å²) in [7, 11) is 0. The van der Waals surface area contributed by atoms with Crippen molar-refractivity contribution in [3.63, 3.8) is 0 Å². The van der Waals surface area contributed by atoms with Crippen LogP contribution in [0.1, 0.15) is 36.4 Å². The first kappa shape index (κ1) is 7.68. The van der Waals surface area contributed by atoms with Crippen molar-refractivity contribution >= 4 is 0 Å². The van der Waals surface area contributed by atoms with Crippen molar-refractivity contribution < 1.29 is 9.50 Å². The standard InChI is InChI=1S/C9H10FNO/c10-7-3-4-8(12)9-6(7)2-1-5-11-9/h1-2,5,7-8,12H,3-4H2/t7-,8+/m0/s1. The van der Waals surface area contributed by atoms with Gasteiger partial charge in [-0.1, -0.05) is 6.07 Å². The van der Waals surface area contributed by atoms with E-state index in [0.29, 0.717) is 24.1 Å². The second-order valence-corrected chi connectivity index (χ2v) is 3.04. The molecule has 0 saturated heterocycles. The summed E-state index contributed by atoms with van der Waals surface area (Å²) >= 11 is 0. The first-order valence-corrected chi connectivity index (χ1v) is 4.06. The summed E-state index contributed by atoms with van der Waals surface area (Å²) in [5, 5.41) is 9.45. The molecule has 0 radical (unpaired) electrons. The van der Waals surface area contributed by atoms with E-state index >= 15 is 0 Å². The Morgan fingerprint density at radius 2 is 2.33 bits per heavy atom. The molecule has 0 fully saturated rings. The lowest BCUT2D eigenvalue weighted by molar-refractivity contribution is 0.125. The van der Waals surface area contributed by atoms with Crippen molar-refractivity contribution in [2.75, 3.05) is 0 Å². The highest BCUT2D eigenvalue weighted by Crippen LogP contribution is 2.36. The van der Waals surface area contributed by atoms with Crippen LogP contribution >= 0.6 is 0 Å². The number of fused-ring (bicyclic) bond motifs is 1. The number of alkyl halides is 1. The van der Waals surface area contributed by atoms with Gasteiger partial charge in [-0.2, -0.15) is 0 Å². The van der Waals surface area contributed by atoms with E-state index in [4.69, 9.17) is 0 Å². The number of halogens is 1. The van der Waals surface area contributed by atoms with Crippen LogP contribution in [0.5, 0.6) is 0 Å². The minimum absolute atomic E-state index is 0.403. The third-order valence-corrected chi connectivity index (χ3v) is 2.22. The summed E-state index contributed by atoms with van der Waals surface area (Å²) in [6.45, 7) is 0. The first-order valence-electron chi connectivity index (χ1n) is 4.06. The van der Waals surface area contributed by atoms with Gasteiger partial charge < -0.3 is 5.11 Å². The third kappa shape index (κ3) is 1.10. The lowest BCUT2D eigenvalue weighted by atomic mass is 9.92. The Hall–Kier alpha value is -0.960. The molecule has 0 aliphatic heterocycles. The molecule has 3 heteroatoms. The fourth-order valence-electron chi connectivity index (χ4n) is 1.57. The molecule has 1 aromatic rings. The molecule has 0 saturated carbocycles. The second-order valence-electron chi connectivity index (χ2n) is 3.04. The Labute approximate surface area is 70.1 Å². The van der Waals surface area contributed by atoms with E-state index in [-0.39, 0.29) is 0 Å². The molecule has 1 aliphatic carbocycles. The molecule has 1 heterocycles. The normalized spacial score (nSPS) is 28.2. The van der Waals surface area contributed by atoms with Crippen LogP contribution in [0.3, 0.4) is 0 Å². The van der Waals surface area contributed by atoms with Crippen LogP contribution < -0.4 is 0 Å². The highest BCUT2D eigenvalue weighted by molar-refractivity contribution is 5.26. The molecule has 2 atom stereocenters. The van der Waals surface area contributed by atoms with Gasteiger partial charge in [0.25, 0.3) is 0 Å². The van der Waals surface area contributed by atoms with Crippen molar-refractivity contribution in [1.29, 1.82) is 0 Å². The van der Waals surface area contributed by atoms with Gasteiger partial charge in [0.2, 0.25) is 0 Å². The number of aliphatic hydroxyl groups excluding tert-OH is 1. The van der Waals surface area contributed by atoms with Crippen LogP contribution in [0.25, 0.3) is 0 Å². The van der Waals surface area contributed by atoms with Gasteiger partial charge >= 0.3 is 0 Å². The number of rotatable bonds is 0. The largest absolute Gasteiger partial charge is 0.387 e. The Bertz CT molecular complexity index is 261. The average molecular weight is 167 g/mol. The Balaban J connectivity index is 2.47. The highest BCUT2D eigenvalue weighted by Gasteiger charge is 2.26. The first-order chi connectivity index (χ1) is 5.79. The van der Waals surface area contributed by atoms with Crippen molar-refractivity contribution in [3.8, 4) is 0 Å². The van der Waals surface area contributed by atoms with E-state index in [1.54, 1.807) is 18.3 Å². The predicted octanol–water partition coefficient (Wildman–Crippen LogP) is 1.92. The number of nitrogens with zero attached hydrogens (tertiary/aromatic N) is 1. The maximum Gasteiger partial charge on any atom is 0.127 e. The molecule has 2 nitrogen and oxygen atoms in total. The lowest BCUT2D eigenvalue weighted by Crippen LogP contribution is -2.13. The zero-order valence-corrected chi connectivity index (χ0v) is 6.57. The molecule has 0 unspecified atom stereocenters. The Morgan fingerprint density at radius 3 is 3.08 bits per heavy atom. The van der Waals surface area contributed by atoms with E-state index in [2.05, 4.69) is 4.98 Å². The van der Waals surface area contributed by atoms with Crippen LogP contribution in [0.4, 0.5) is 4.39 Å². The molecule has 2 rings (SSSR count). The monoisotopic (exact) mass is 167 g/mol. The van der Waals surface area contributed by atoms with Gasteiger partial charge in [0.15, 0.2) is 0 Å². The zero-order chi connectivity index (χ0) is 8.55. The number of aromatic nitrogens is 1. The maximum absolute atomic E-state index is 13.2. The molecule has 1 aromatic heterocycles. The smallest absolute Gasteiger partial charge is 0.127 e. The van der Waals surface area contributed by atoms with Crippen LogP contribution in [0.2, 0.25) is 0 Å². The molecule has 1 aliphatic rings. The maximum atomic E-state index is 13.2. The van der Waals surface area contributed by atoms with Crippen LogP contribution in [-0.2, 0) is 0 Å². The van der Waals surface area contributed by atoms with E-state index in [0.717, 1.165) is 0 Å². The molecule has 0 aromatic carbocycles. The lowest BCUT2D eigenvalue weighted by Gasteiger charge is -2.22. The minimum Gasteiger partial charge on any atom is -0.387 e. The number of hydrogen-bond acceptors (Lipinski definition) is 2. The molecule has 0 amide bonds. The summed E-state index contributed by atoms with van der Waals surface area (Å²) in [6.07, 6.45) is 0.941. The van der Waals surface area contributed by atoms with Crippen LogP contribution in [0, 0.1) is 0 Å². The summed E-state index contributed by atoms with van der Waals surface area (Å²) in [6, 6.07) is 3.39. The predicted molar refractivity (Wildman–Crippen MR) is 42.3 cm³/mol. The fourth-order valence-corrected chi connectivity index (χ4v) is 1.57. The van der Waals surface area contributed by atoms with Crippen molar-refractivity contribution in [1.82, 2.24) is 4.98 Å². The van der Waals surface area contributed by atoms with E-state index in [1.165, 1.54) is 0 Å². The van der Waals surface area contributed by atoms with Crippen molar-refractivity contribution in [2.24, 2.45) is 0 Å².